The minimum Gasteiger partial charge on any atom is -0.480 e. The lowest BCUT2D eigenvalue weighted by Crippen LogP contribution is -2.49. The molecule has 1 aromatic carbocycles. The maximum absolute atomic E-state index is 12.8. The molecule has 0 aliphatic carbocycles. The van der Waals surface area contributed by atoms with Gasteiger partial charge in [0, 0.05) is 25.3 Å². The SMILES string of the molecule is CN(CC(=O)O)CC1CN(C(=O)c2ccc(-c3ccccc3)[nH]2)CCO1. The van der Waals surface area contributed by atoms with Gasteiger partial charge in [-0.1, -0.05) is 30.3 Å². The van der Waals surface area contributed by atoms with Crippen LogP contribution in [0.25, 0.3) is 11.3 Å². The third-order valence-corrected chi connectivity index (χ3v) is 4.35. The molecule has 0 bridgehead atoms. The molecule has 0 saturated carbocycles. The van der Waals surface area contributed by atoms with E-state index in [4.69, 9.17) is 9.84 Å². The highest BCUT2D eigenvalue weighted by molar-refractivity contribution is 5.93. The summed E-state index contributed by atoms with van der Waals surface area (Å²) in [5.41, 5.74) is 2.48. The van der Waals surface area contributed by atoms with Gasteiger partial charge in [0.25, 0.3) is 5.91 Å². The van der Waals surface area contributed by atoms with Crippen molar-refractivity contribution in [2.75, 3.05) is 39.8 Å². The van der Waals surface area contributed by atoms with Crippen LogP contribution in [0.4, 0.5) is 0 Å². The maximum atomic E-state index is 12.8. The number of amides is 1. The van der Waals surface area contributed by atoms with Crippen LogP contribution in [0.15, 0.2) is 42.5 Å². The summed E-state index contributed by atoms with van der Waals surface area (Å²) < 4.78 is 5.68. The second-order valence-electron chi connectivity index (χ2n) is 6.49. The molecule has 138 valence electrons. The topological polar surface area (TPSA) is 85.9 Å². The number of carboxylic acid groups (broad SMARTS) is 1. The Balaban J connectivity index is 1.62. The minimum absolute atomic E-state index is 0.0507. The number of nitrogens with one attached hydrogen (secondary N) is 1. The summed E-state index contributed by atoms with van der Waals surface area (Å²) >= 11 is 0. The molecular formula is C19H23N3O4. The van der Waals surface area contributed by atoms with Crippen molar-refractivity contribution in [2.45, 2.75) is 6.10 Å². The number of hydrogen-bond donors (Lipinski definition) is 2. The van der Waals surface area contributed by atoms with Crippen LogP contribution in [0.2, 0.25) is 0 Å². The Labute approximate surface area is 152 Å². The lowest BCUT2D eigenvalue weighted by molar-refractivity contribution is -0.138. The number of nitrogens with zero attached hydrogens (tertiary/aromatic N) is 2. The molecule has 0 radical (unpaired) electrons. The lowest BCUT2D eigenvalue weighted by Gasteiger charge is -2.34. The molecule has 2 aromatic rings. The third-order valence-electron chi connectivity index (χ3n) is 4.35. The normalized spacial score (nSPS) is 17.5. The van der Waals surface area contributed by atoms with Crippen LogP contribution in [0, 0.1) is 0 Å². The van der Waals surface area contributed by atoms with Gasteiger partial charge in [0.15, 0.2) is 0 Å². The number of likely N-dealkylation sites (N-methyl/N-ethyl adjacent to an activating group) is 1. The van der Waals surface area contributed by atoms with E-state index in [0.717, 1.165) is 11.3 Å². The Morgan fingerprint density at radius 1 is 1.27 bits per heavy atom. The Morgan fingerprint density at radius 2 is 2.04 bits per heavy atom. The number of carbonyl (C=O) groups is 2. The average molecular weight is 357 g/mol. The van der Waals surface area contributed by atoms with E-state index in [1.54, 1.807) is 22.9 Å². The predicted octanol–water partition coefficient (Wildman–Crippen LogP) is 1.54. The van der Waals surface area contributed by atoms with Crippen molar-refractivity contribution in [1.82, 2.24) is 14.8 Å². The molecule has 1 unspecified atom stereocenters. The van der Waals surface area contributed by atoms with Crippen LogP contribution in [-0.2, 0) is 9.53 Å². The number of ether oxygens (including phenoxy) is 1. The fraction of sp³-hybridized carbons (Fsp3) is 0.368. The van der Waals surface area contributed by atoms with Crippen LogP contribution in [-0.4, -0.2) is 77.7 Å². The molecule has 7 nitrogen and oxygen atoms in total. The third kappa shape index (κ3) is 4.50. The molecule has 1 amide bonds. The van der Waals surface area contributed by atoms with E-state index in [1.807, 2.05) is 36.4 Å². The zero-order chi connectivity index (χ0) is 18.5. The highest BCUT2D eigenvalue weighted by atomic mass is 16.5. The molecule has 1 aliphatic rings. The van der Waals surface area contributed by atoms with Crippen molar-refractivity contribution < 1.29 is 19.4 Å². The zero-order valence-electron chi connectivity index (χ0n) is 14.7. The Hall–Kier alpha value is -2.64. The number of morpholine rings is 1. The number of aromatic nitrogens is 1. The smallest absolute Gasteiger partial charge is 0.317 e. The molecule has 2 heterocycles. The second kappa shape index (κ2) is 8.16. The van der Waals surface area contributed by atoms with Gasteiger partial charge in [-0.05, 0) is 24.7 Å². The minimum atomic E-state index is -0.879. The number of aliphatic carboxylic acids is 1. The van der Waals surface area contributed by atoms with Gasteiger partial charge in [-0.2, -0.15) is 0 Å². The summed E-state index contributed by atoms with van der Waals surface area (Å²) in [5.74, 6) is -0.947. The lowest BCUT2D eigenvalue weighted by atomic mass is 10.2. The largest absolute Gasteiger partial charge is 0.480 e. The monoisotopic (exact) mass is 357 g/mol. The molecule has 1 atom stereocenters. The van der Waals surface area contributed by atoms with Gasteiger partial charge in [0.05, 0.1) is 19.3 Å². The number of hydrogen-bond acceptors (Lipinski definition) is 4. The fourth-order valence-corrected chi connectivity index (χ4v) is 3.13. The molecule has 3 rings (SSSR count). The van der Waals surface area contributed by atoms with Crippen molar-refractivity contribution in [3.8, 4) is 11.3 Å². The maximum Gasteiger partial charge on any atom is 0.317 e. The summed E-state index contributed by atoms with van der Waals surface area (Å²) in [7, 11) is 1.73. The van der Waals surface area contributed by atoms with E-state index >= 15 is 0 Å². The number of aromatic amines is 1. The van der Waals surface area contributed by atoms with Crippen LogP contribution in [0.3, 0.4) is 0 Å². The van der Waals surface area contributed by atoms with Crippen molar-refractivity contribution in [1.29, 1.82) is 0 Å². The second-order valence-corrected chi connectivity index (χ2v) is 6.49. The summed E-state index contributed by atoms with van der Waals surface area (Å²) in [6.45, 7) is 1.84. The average Bonchev–Trinajstić information content (AvgIpc) is 3.11. The molecule has 26 heavy (non-hydrogen) atoms. The number of carboxylic acids is 1. The summed E-state index contributed by atoms with van der Waals surface area (Å²) in [5, 5.41) is 8.85. The summed E-state index contributed by atoms with van der Waals surface area (Å²) in [4.78, 5) is 30.2. The molecule has 7 heteroatoms. The summed E-state index contributed by atoms with van der Waals surface area (Å²) in [6.07, 6.45) is -0.194. The summed E-state index contributed by atoms with van der Waals surface area (Å²) in [6, 6.07) is 13.5. The van der Waals surface area contributed by atoms with Crippen molar-refractivity contribution >= 4 is 11.9 Å². The highest BCUT2D eigenvalue weighted by Crippen LogP contribution is 2.19. The molecule has 1 saturated heterocycles. The number of rotatable bonds is 6. The molecule has 1 aliphatic heterocycles. The van der Waals surface area contributed by atoms with Gasteiger partial charge in [0.2, 0.25) is 0 Å². The first-order valence-corrected chi connectivity index (χ1v) is 8.58. The molecule has 2 N–H and O–H groups in total. The van der Waals surface area contributed by atoms with Crippen LogP contribution < -0.4 is 0 Å². The van der Waals surface area contributed by atoms with Crippen LogP contribution >= 0.6 is 0 Å². The number of carbonyl (C=O) groups excluding carboxylic acids is 1. The van der Waals surface area contributed by atoms with Crippen molar-refractivity contribution in [3.05, 3.63) is 48.2 Å². The highest BCUT2D eigenvalue weighted by Gasteiger charge is 2.27. The van der Waals surface area contributed by atoms with Gasteiger partial charge in [0.1, 0.15) is 5.69 Å². The van der Waals surface area contributed by atoms with E-state index in [1.165, 1.54) is 0 Å². The first-order valence-electron chi connectivity index (χ1n) is 8.58. The van der Waals surface area contributed by atoms with Gasteiger partial charge >= 0.3 is 5.97 Å². The standard InChI is InChI=1S/C19H23N3O4/c1-21(13-18(23)24)11-15-12-22(9-10-26-15)19(25)17-8-7-16(20-17)14-5-3-2-4-6-14/h2-8,15,20H,9-13H2,1H3,(H,23,24). The van der Waals surface area contributed by atoms with E-state index in [-0.39, 0.29) is 18.6 Å². The zero-order valence-corrected chi connectivity index (χ0v) is 14.7. The molecule has 0 spiro atoms. The quantitative estimate of drug-likeness (QED) is 0.819. The van der Waals surface area contributed by atoms with Gasteiger partial charge < -0.3 is 19.7 Å². The first kappa shape index (κ1) is 18.2. The van der Waals surface area contributed by atoms with Gasteiger partial charge in [-0.3, -0.25) is 14.5 Å². The van der Waals surface area contributed by atoms with E-state index in [9.17, 15) is 9.59 Å². The number of H-pyrrole nitrogens is 1. The number of benzene rings is 1. The van der Waals surface area contributed by atoms with E-state index in [0.29, 0.717) is 31.9 Å². The Morgan fingerprint density at radius 3 is 2.77 bits per heavy atom. The first-order chi connectivity index (χ1) is 12.5. The van der Waals surface area contributed by atoms with Crippen molar-refractivity contribution in [3.63, 3.8) is 0 Å². The van der Waals surface area contributed by atoms with Crippen molar-refractivity contribution in [2.24, 2.45) is 0 Å². The van der Waals surface area contributed by atoms with Crippen LogP contribution in [0.5, 0.6) is 0 Å². The fourth-order valence-electron chi connectivity index (χ4n) is 3.13. The van der Waals surface area contributed by atoms with Gasteiger partial charge in [-0.25, -0.2) is 0 Å². The van der Waals surface area contributed by atoms with Gasteiger partial charge in [-0.15, -0.1) is 0 Å². The molecule has 1 aromatic heterocycles. The Kier molecular flexibility index (Phi) is 5.70. The predicted molar refractivity (Wildman–Crippen MR) is 97.0 cm³/mol. The van der Waals surface area contributed by atoms with Crippen LogP contribution in [0.1, 0.15) is 10.5 Å². The van der Waals surface area contributed by atoms with E-state index < -0.39 is 5.97 Å². The molecule has 1 fully saturated rings. The Bertz CT molecular complexity index is 759. The van der Waals surface area contributed by atoms with E-state index in [2.05, 4.69) is 4.98 Å². The molecular weight excluding hydrogens is 334 g/mol.